The number of sulfone groups is 1. The Morgan fingerprint density at radius 3 is 2.59 bits per heavy atom. The number of amides is 1. The minimum atomic E-state index is -4.08. The summed E-state index contributed by atoms with van der Waals surface area (Å²) in [5.41, 5.74) is 7.00. The van der Waals surface area contributed by atoms with Gasteiger partial charge in [-0.25, -0.2) is 13.4 Å². The van der Waals surface area contributed by atoms with Crippen LogP contribution in [0.2, 0.25) is 0 Å². The van der Waals surface area contributed by atoms with Crippen LogP contribution < -0.4 is 15.2 Å². The molecule has 0 aliphatic rings. The molecule has 0 saturated carbocycles. The Balaban J connectivity index is 1.73. The highest BCUT2D eigenvalue weighted by atomic mass is 32.2. The van der Waals surface area contributed by atoms with Crippen LogP contribution in [0.4, 0.5) is 10.8 Å². The highest BCUT2D eigenvalue weighted by molar-refractivity contribution is 7.92. The molecule has 1 aromatic heterocycles. The van der Waals surface area contributed by atoms with Gasteiger partial charge in [-0.2, -0.15) is 8.42 Å². The predicted octanol–water partition coefficient (Wildman–Crippen LogP) is 2.27. The van der Waals surface area contributed by atoms with Crippen molar-refractivity contribution in [1.82, 2.24) is 4.98 Å². The number of nitrogens with two attached hydrogens (primary N) is 1. The van der Waals surface area contributed by atoms with Gasteiger partial charge in [0.1, 0.15) is 15.7 Å². The van der Waals surface area contributed by atoms with Crippen LogP contribution in [0.5, 0.6) is 5.75 Å². The number of rotatable bonds is 7. The third kappa shape index (κ3) is 5.85. The van der Waals surface area contributed by atoms with E-state index in [4.69, 9.17) is 16.3 Å². The Morgan fingerprint density at radius 2 is 1.97 bits per heavy atom. The van der Waals surface area contributed by atoms with Crippen molar-refractivity contribution in [3.05, 3.63) is 65.4 Å². The summed E-state index contributed by atoms with van der Waals surface area (Å²) in [5.74, 6) is 1.22. The minimum Gasteiger partial charge on any atom is -0.398 e. The van der Waals surface area contributed by atoms with Gasteiger partial charge in [0.2, 0.25) is 0 Å². The molecule has 0 aliphatic heterocycles. The van der Waals surface area contributed by atoms with Crippen LogP contribution in [0.3, 0.4) is 0 Å². The van der Waals surface area contributed by atoms with Crippen molar-refractivity contribution >= 4 is 48.0 Å². The first-order chi connectivity index (χ1) is 15.0. The first-order valence-corrected chi connectivity index (χ1v) is 13.1. The number of hydrogen-bond donors (Lipinski definition) is 2. The van der Waals surface area contributed by atoms with Gasteiger partial charge < -0.3 is 9.92 Å². The molecule has 3 N–H and O–H groups in total. The van der Waals surface area contributed by atoms with E-state index in [0.717, 1.165) is 23.8 Å². The van der Waals surface area contributed by atoms with Gasteiger partial charge in [-0.05, 0) is 35.9 Å². The highest BCUT2D eigenvalue weighted by Gasteiger charge is 2.18. The third-order valence-electron chi connectivity index (χ3n) is 4.03. The smallest absolute Gasteiger partial charge is 0.313 e. The number of thiazole rings is 1. The van der Waals surface area contributed by atoms with Crippen molar-refractivity contribution < 1.29 is 25.8 Å². The van der Waals surface area contributed by atoms with E-state index in [-0.39, 0.29) is 26.3 Å². The number of nitrogens with one attached hydrogen (secondary N) is 1. The molecule has 32 heavy (non-hydrogen) atoms. The van der Waals surface area contributed by atoms with E-state index in [2.05, 4.69) is 16.2 Å². The maximum atomic E-state index is 12.5. The number of aromatic nitrogens is 1. The van der Waals surface area contributed by atoms with Gasteiger partial charge in [-0.3, -0.25) is 10.1 Å². The van der Waals surface area contributed by atoms with Crippen molar-refractivity contribution in [2.75, 3.05) is 17.3 Å². The van der Waals surface area contributed by atoms with Crippen molar-refractivity contribution in [2.45, 2.75) is 9.96 Å². The molecule has 0 aliphatic carbocycles. The molecule has 3 rings (SSSR count). The molecule has 0 radical (unpaired) electrons. The number of carbonyl (C=O) groups excluding carboxylic acids is 1. The van der Waals surface area contributed by atoms with E-state index in [9.17, 15) is 21.6 Å². The lowest BCUT2D eigenvalue weighted by Gasteiger charge is -2.10. The van der Waals surface area contributed by atoms with Gasteiger partial charge in [-0.15, -0.1) is 6.42 Å². The third-order valence-corrected chi connectivity index (χ3v) is 7.85. The van der Waals surface area contributed by atoms with Crippen molar-refractivity contribution in [1.29, 1.82) is 0 Å². The van der Waals surface area contributed by atoms with Crippen LogP contribution >= 0.6 is 11.3 Å². The molecule has 12 heteroatoms. The number of terminal acetylenes is 1. The quantitative estimate of drug-likeness (QED) is 0.291. The van der Waals surface area contributed by atoms with E-state index in [1.165, 1.54) is 36.4 Å². The molecule has 0 atom stereocenters. The first-order valence-electron chi connectivity index (χ1n) is 8.81. The molecule has 0 spiro atoms. The maximum absolute atomic E-state index is 12.5. The Morgan fingerprint density at radius 1 is 1.22 bits per heavy atom. The van der Waals surface area contributed by atoms with Gasteiger partial charge in [0.05, 0.1) is 6.20 Å². The van der Waals surface area contributed by atoms with Crippen LogP contribution in [0, 0.1) is 12.3 Å². The summed E-state index contributed by atoms with van der Waals surface area (Å²) in [7, 11) is -7.53. The summed E-state index contributed by atoms with van der Waals surface area (Å²) in [6.45, 7) is 0. The maximum Gasteiger partial charge on any atom is 0.313 e. The van der Waals surface area contributed by atoms with E-state index < -0.39 is 31.6 Å². The fourth-order valence-electron chi connectivity index (χ4n) is 2.53. The largest absolute Gasteiger partial charge is 0.398 e. The van der Waals surface area contributed by atoms with E-state index >= 15 is 0 Å². The molecule has 9 nitrogen and oxygen atoms in total. The number of nitrogens with zero attached hydrogens (tertiary/aromatic N) is 1. The van der Waals surface area contributed by atoms with Gasteiger partial charge in [0.15, 0.2) is 15.0 Å². The van der Waals surface area contributed by atoms with Gasteiger partial charge in [0.25, 0.3) is 5.91 Å². The first kappa shape index (κ1) is 23.3. The molecular formula is C20H17N3O6S3. The van der Waals surface area contributed by atoms with Crippen molar-refractivity contribution in [3.8, 4) is 18.1 Å². The monoisotopic (exact) mass is 491 g/mol. The van der Waals surface area contributed by atoms with Gasteiger partial charge in [0, 0.05) is 23.1 Å². The topological polar surface area (TPSA) is 146 Å². The second-order valence-corrected chi connectivity index (χ2v) is 11.4. The molecule has 3 aromatic rings. The zero-order valence-electron chi connectivity index (χ0n) is 16.6. The summed E-state index contributed by atoms with van der Waals surface area (Å²) in [6.07, 6.45) is 7.47. The van der Waals surface area contributed by atoms with Crippen molar-refractivity contribution in [3.63, 3.8) is 0 Å². The molecule has 1 amide bonds. The number of benzene rings is 2. The predicted molar refractivity (Wildman–Crippen MR) is 122 cm³/mol. The number of nitrogen functional groups attached to an aromatic ring is 1. The Labute approximate surface area is 189 Å². The van der Waals surface area contributed by atoms with Crippen LogP contribution in [0.25, 0.3) is 0 Å². The Hall–Kier alpha value is -3.40. The molecule has 0 unspecified atom stereocenters. The van der Waals surface area contributed by atoms with E-state index in [1.54, 1.807) is 6.07 Å². The molecular weight excluding hydrogens is 474 g/mol. The molecule has 2 aromatic carbocycles. The zero-order valence-corrected chi connectivity index (χ0v) is 19.1. The Bertz CT molecular complexity index is 1440. The van der Waals surface area contributed by atoms with Crippen LogP contribution in [0.1, 0.15) is 21.5 Å². The zero-order chi connectivity index (χ0) is 23.5. The van der Waals surface area contributed by atoms with Crippen LogP contribution in [-0.2, 0) is 25.7 Å². The molecule has 0 fully saturated rings. The standard InChI is InChI=1S/C20H17N3O6S3/c1-3-13-7-8-15(17(21)9-13)12-32(27,28)29-16-6-4-5-14(10-16)19(24)23-20-22-11-18(30-20)31(2,25)26/h1,4-11H,12,21H2,2H3,(H,22,23,24). The summed E-state index contributed by atoms with van der Waals surface area (Å²) in [6, 6.07) is 10.1. The SMILES string of the molecule is C#Cc1ccc(CS(=O)(=O)Oc2cccc(C(=O)Nc3ncc(S(C)(=O)=O)s3)c2)c(N)c1. The second kappa shape index (κ2) is 8.99. The highest BCUT2D eigenvalue weighted by Crippen LogP contribution is 2.24. The van der Waals surface area contributed by atoms with Crippen LogP contribution in [0.15, 0.2) is 52.9 Å². The molecule has 1 heterocycles. The van der Waals surface area contributed by atoms with Crippen LogP contribution in [-0.4, -0.2) is 34.0 Å². The fraction of sp³-hybridized carbons (Fsp3) is 0.100. The number of carbonyl (C=O) groups is 1. The number of anilines is 2. The lowest BCUT2D eigenvalue weighted by Crippen LogP contribution is -2.15. The Kier molecular flexibility index (Phi) is 6.54. The molecule has 0 saturated heterocycles. The number of hydrogen-bond acceptors (Lipinski definition) is 9. The van der Waals surface area contributed by atoms with Gasteiger partial charge in [-0.1, -0.05) is 29.4 Å². The lowest BCUT2D eigenvalue weighted by atomic mass is 10.1. The minimum absolute atomic E-state index is 0.00512. The summed E-state index contributed by atoms with van der Waals surface area (Å²) in [5, 5.41) is 2.55. The molecule has 0 bridgehead atoms. The summed E-state index contributed by atoms with van der Waals surface area (Å²) >= 11 is 0.800. The van der Waals surface area contributed by atoms with E-state index in [0.29, 0.717) is 11.1 Å². The van der Waals surface area contributed by atoms with E-state index in [1.807, 2.05) is 0 Å². The lowest BCUT2D eigenvalue weighted by molar-refractivity contribution is 0.102. The molecule has 166 valence electrons. The normalized spacial score (nSPS) is 11.5. The second-order valence-electron chi connectivity index (χ2n) is 6.58. The fourth-order valence-corrected chi connectivity index (χ4v) is 5.26. The average molecular weight is 492 g/mol. The van der Waals surface area contributed by atoms with Crippen molar-refractivity contribution in [2.24, 2.45) is 0 Å². The summed E-state index contributed by atoms with van der Waals surface area (Å²) < 4.78 is 53.1. The summed E-state index contributed by atoms with van der Waals surface area (Å²) in [4.78, 5) is 16.3. The van der Waals surface area contributed by atoms with Gasteiger partial charge >= 0.3 is 10.1 Å². The average Bonchev–Trinajstić information content (AvgIpc) is 3.18.